The van der Waals surface area contributed by atoms with E-state index in [0.29, 0.717) is 32.2 Å². The number of ether oxygens (including phenoxy) is 9. The first-order chi connectivity index (χ1) is 39.1. The van der Waals surface area contributed by atoms with E-state index in [4.69, 9.17) is 37.9 Å². The molecule has 0 unspecified atom stereocenters. The van der Waals surface area contributed by atoms with Crippen LogP contribution in [0.15, 0.2) is 30.4 Å². The Balaban J connectivity index is 1.23. The van der Waals surface area contributed by atoms with E-state index in [1.807, 2.05) is 0 Å². The number of carbonyl (C=O) groups excluding carboxylic acids is 10. The standard InChI is InChI=1S/C52H73F3N6O20/c53-37-36-38(54)51(72)52(50(37)55)81-49(71)14-23-76-29-33-80-35-34-79-32-26-73-20-3-5-40(62)39(59-44(66)13-22-75-28-31-78-25-17-58-42(64)11-19-61-47(69)8-9-48(61)70)4-1-2-15-56-43(65)12-21-74-27-30-77-24-16-57-41(63)10-18-60-45(67)6-7-46(60)68/h6-9,36,39,72H,1-5,10-35H2,(H,56,65)(H,57,63)(H,58,64)(H,59,66)/t39-/m0/s1. The molecule has 0 aromatic heterocycles. The number of hydrogen-bond acceptors (Lipinski definition) is 20. The van der Waals surface area contributed by atoms with Gasteiger partial charge in [-0.25, -0.2) is 8.78 Å². The smallest absolute Gasteiger partial charge is 0.313 e. The highest BCUT2D eigenvalue weighted by molar-refractivity contribution is 6.13. The number of carbonyl (C=O) groups is 10. The molecule has 0 bridgehead atoms. The summed E-state index contributed by atoms with van der Waals surface area (Å²) in [6, 6.07) is -0.682. The summed E-state index contributed by atoms with van der Waals surface area (Å²) in [5.74, 6) is -11.9. The molecule has 3 rings (SSSR count). The highest BCUT2D eigenvalue weighted by Gasteiger charge is 2.26. The van der Waals surface area contributed by atoms with Crippen molar-refractivity contribution >= 4 is 59.0 Å². The first kappa shape index (κ1) is 68.5. The Hall–Kier alpha value is -6.73. The molecule has 81 heavy (non-hydrogen) atoms. The van der Waals surface area contributed by atoms with E-state index in [1.54, 1.807) is 0 Å². The fourth-order valence-electron chi connectivity index (χ4n) is 7.04. The number of nitrogens with zero attached hydrogens (tertiary/aromatic N) is 2. The number of aromatic hydroxyl groups is 1. The van der Waals surface area contributed by atoms with Gasteiger partial charge in [-0.3, -0.25) is 57.7 Å². The van der Waals surface area contributed by atoms with Crippen molar-refractivity contribution in [3.8, 4) is 11.5 Å². The van der Waals surface area contributed by atoms with Gasteiger partial charge in [0.15, 0.2) is 23.2 Å². The molecular formula is C52H73F3N6O20. The van der Waals surface area contributed by atoms with Crippen molar-refractivity contribution in [3.05, 3.63) is 47.8 Å². The van der Waals surface area contributed by atoms with Gasteiger partial charge in [0.1, 0.15) is 0 Å². The topological polar surface area (TPSA) is 329 Å². The Bertz CT molecular complexity index is 2210. The zero-order valence-corrected chi connectivity index (χ0v) is 45.1. The van der Waals surface area contributed by atoms with Crippen molar-refractivity contribution in [2.24, 2.45) is 0 Å². The maximum atomic E-state index is 13.8. The lowest BCUT2D eigenvalue weighted by molar-refractivity contribution is -0.139. The molecule has 0 spiro atoms. The first-order valence-electron chi connectivity index (χ1n) is 26.5. The second-order valence-electron chi connectivity index (χ2n) is 17.5. The maximum Gasteiger partial charge on any atom is 0.313 e. The number of unbranched alkanes of at least 4 members (excludes halogenated alkanes) is 1. The first-order valence-corrected chi connectivity index (χ1v) is 26.5. The van der Waals surface area contributed by atoms with Crippen LogP contribution >= 0.6 is 0 Å². The van der Waals surface area contributed by atoms with Crippen LogP contribution in [0, 0.1) is 17.5 Å². The van der Waals surface area contributed by atoms with Gasteiger partial charge < -0.3 is 69.0 Å². The number of imide groups is 2. The van der Waals surface area contributed by atoms with E-state index in [2.05, 4.69) is 26.0 Å². The number of ketones is 1. The van der Waals surface area contributed by atoms with Crippen LogP contribution in [0.5, 0.6) is 11.5 Å². The zero-order valence-electron chi connectivity index (χ0n) is 45.1. The van der Waals surface area contributed by atoms with Crippen LogP contribution in [0.1, 0.15) is 64.2 Å². The van der Waals surface area contributed by atoms with Gasteiger partial charge in [0.2, 0.25) is 35.2 Å². The van der Waals surface area contributed by atoms with Gasteiger partial charge in [0, 0.05) is 102 Å². The number of nitrogens with one attached hydrogen (secondary N) is 4. The molecule has 8 amide bonds. The fraction of sp³-hybridized carbons (Fsp3) is 0.615. The van der Waals surface area contributed by atoms with Crippen molar-refractivity contribution in [2.75, 3.05) is 138 Å². The van der Waals surface area contributed by atoms with Crippen LogP contribution in [0.25, 0.3) is 0 Å². The second kappa shape index (κ2) is 41.3. The minimum atomic E-state index is -1.71. The van der Waals surface area contributed by atoms with Crippen molar-refractivity contribution < 1.29 is 109 Å². The molecule has 29 heteroatoms. The SMILES string of the molecule is O=C(CCOCCOCCNC(=O)CCN1C(=O)C=CC1=O)NCCCC[C@H](NC(=O)CCOCCOCCNC(=O)CCN1C(=O)C=CC1=O)C(=O)CCCOCCOCCOCCOCCC(=O)Oc1c(O)c(F)cc(F)c1F. The minimum Gasteiger partial charge on any atom is -0.502 e. The quantitative estimate of drug-likeness (QED) is 0.0189. The van der Waals surface area contributed by atoms with E-state index in [1.165, 1.54) is 0 Å². The minimum absolute atomic E-state index is 0.0126. The van der Waals surface area contributed by atoms with E-state index < -0.39 is 76.9 Å². The Morgan fingerprint density at radius 3 is 1.36 bits per heavy atom. The molecule has 0 fully saturated rings. The van der Waals surface area contributed by atoms with Crippen LogP contribution in [-0.2, 0) is 85.8 Å². The zero-order chi connectivity index (χ0) is 59.0. The largest absolute Gasteiger partial charge is 0.502 e. The summed E-state index contributed by atoms with van der Waals surface area (Å²) in [5, 5.41) is 20.4. The number of esters is 1. The Morgan fingerprint density at radius 2 is 0.864 bits per heavy atom. The highest BCUT2D eigenvalue weighted by atomic mass is 19.2. The molecular weight excluding hydrogens is 1090 g/mol. The Morgan fingerprint density at radius 1 is 0.457 bits per heavy atom. The van der Waals surface area contributed by atoms with Crippen molar-refractivity contribution in [3.63, 3.8) is 0 Å². The predicted octanol–water partition coefficient (Wildman–Crippen LogP) is 0.00120. The van der Waals surface area contributed by atoms with Crippen LogP contribution in [-0.4, -0.2) is 218 Å². The average molecular weight is 1160 g/mol. The number of benzene rings is 1. The van der Waals surface area contributed by atoms with Gasteiger partial charge in [-0.15, -0.1) is 0 Å². The second-order valence-corrected chi connectivity index (χ2v) is 17.5. The molecule has 26 nitrogen and oxygen atoms in total. The van der Waals surface area contributed by atoms with Gasteiger partial charge in [0.25, 0.3) is 23.6 Å². The molecule has 0 saturated carbocycles. The van der Waals surface area contributed by atoms with Crippen molar-refractivity contribution in [2.45, 2.75) is 70.3 Å². The third-order valence-electron chi connectivity index (χ3n) is 11.3. The Kier molecular flexibility index (Phi) is 34.9. The Labute approximate surface area is 465 Å². The number of halogens is 3. The number of phenolic OH excluding ortho intramolecular Hbond substituents is 1. The van der Waals surface area contributed by atoms with Gasteiger partial charge in [-0.1, -0.05) is 0 Å². The number of Topliss-reactive ketones (excluding diaryl/α,β-unsaturated/α-hetero) is 1. The van der Waals surface area contributed by atoms with E-state index in [-0.39, 0.29) is 194 Å². The summed E-state index contributed by atoms with van der Waals surface area (Å²) in [5.41, 5.74) is 0. The molecule has 1 aromatic rings. The van der Waals surface area contributed by atoms with E-state index in [0.717, 1.165) is 34.1 Å². The van der Waals surface area contributed by atoms with Crippen LogP contribution in [0.3, 0.4) is 0 Å². The van der Waals surface area contributed by atoms with Crippen LogP contribution in [0.2, 0.25) is 0 Å². The van der Waals surface area contributed by atoms with Crippen molar-refractivity contribution in [1.82, 2.24) is 31.1 Å². The lowest BCUT2D eigenvalue weighted by Gasteiger charge is -2.18. The summed E-state index contributed by atoms with van der Waals surface area (Å²) in [6.07, 6.45) is 6.02. The monoisotopic (exact) mass is 1160 g/mol. The molecule has 0 aliphatic carbocycles. The fourth-order valence-corrected chi connectivity index (χ4v) is 7.04. The summed E-state index contributed by atoms with van der Waals surface area (Å²) >= 11 is 0. The predicted molar refractivity (Wildman–Crippen MR) is 274 cm³/mol. The van der Waals surface area contributed by atoms with E-state index in [9.17, 15) is 66.2 Å². The van der Waals surface area contributed by atoms with E-state index >= 15 is 0 Å². The molecule has 452 valence electrons. The molecule has 2 aliphatic heterocycles. The number of phenols is 1. The van der Waals surface area contributed by atoms with Crippen LogP contribution in [0.4, 0.5) is 13.2 Å². The summed E-state index contributed by atoms with van der Waals surface area (Å²) in [7, 11) is 0. The summed E-state index contributed by atoms with van der Waals surface area (Å²) < 4.78 is 88.5. The molecule has 1 atom stereocenters. The highest BCUT2D eigenvalue weighted by Crippen LogP contribution is 2.34. The maximum absolute atomic E-state index is 13.8. The third kappa shape index (κ3) is 30.1. The third-order valence-corrected chi connectivity index (χ3v) is 11.3. The van der Waals surface area contributed by atoms with Gasteiger partial charge >= 0.3 is 5.97 Å². The molecule has 0 saturated heterocycles. The lowest BCUT2D eigenvalue weighted by atomic mass is 10.0. The molecule has 0 radical (unpaired) electrons. The van der Waals surface area contributed by atoms with Gasteiger partial charge in [-0.05, 0) is 25.7 Å². The van der Waals surface area contributed by atoms with Gasteiger partial charge in [0.05, 0.1) is 112 Å². The number of rotatable bonds is 48. The summed E-state index contributed by atoms with van der Waals surface area (Å²) in [6.45, 7) is 3.26. The number of hydrogen-bond donors (Lipinski definition) is 5. The molecule has 5 N–H and O–H groups in total. The lowest BCUT2D eigenvalue weighted by Crippen LogP contribution is -2.41. The molecule has 2 heterocycles. The van der Waals surface area contributed by atoms with Gasteiger partial charge in [-0.2, -0.15) is 4.39 Å². The molecule has 2 aliphatic rings. The number of amides is 8. The van der Waals surface area contributed by atoms with Crippen molar-refractivity contribution in [1.29, 1.82) is 0 Å². The van der Waals surface area contributed by atoms with Crippen LogP contribution < -0.4 is 26.0 Å². The average Bonchev–Trinajstić information content (AvgIpc) is 3.96. The normalized spacial score (nSPS) is 13.3. The summed E-state index contributed by atoms with van der Waals surface area (Å²) in [4.78, 5) is 123. The molecule has 1 aromatic carbocycles.